The average molecular weight is 333 g/mol. The van der Waals surface area contributed by atoms with Crippen LogP contribution in [-0.2, 0) is 11.2 Å². The summed E-state index contributed by atoms with van der Waals surface area (Å²) in [4.78, 5) is 6.87. The standard InChI is InChI=1S/C16H23N5O3/c22-21-14-10-12-2-7-24-15(12)11-13(14)18-16(19-21)17-3-1-4-20-5-8-23-9-6-20/h10-11,21H,1-9H2,(H2,17,18,19). The lowest BCUT2D eigenvalue weighted by atomic mass is 10.1. The van der Waals surface area contributed by atoms with Crippen molar-refractivity contribution in [3.05, 3.63) is 22.9 Å². The fourth-order valence-electron chi connectivity index (χ4n) is 3.24. The van der Waals surface area contributed by atoms with Gasteiger partial charge in [0.2, 0.25) is 5.96 Å². The molecule has 1 unspecified atom stereocenters. The molecule has 1 saturated heterocycles. The Labute approximate surface area is 141 Å². The van der Waals surface area contributed by atoms with Gasteiger partial charge in [-0.05, 0) is 6.42 Å². The van der Waals surface area contributed by atoms with E-state index >= 15 is 0 Å². The summed E-state index contributed by atoms with van der Waals surface area (Å²) >= 11 is 0. The van der Waals surface area contributed by atoms with Gasteiger partial charge >= 0.3 is 0 Å². The van der Waals surface area contributed by atoms with E-state index in [1.807, 2.05) is 12.1 Å². The number of nitrogens with one attached hydrogen (secondary N) is 3. The first-order valence-electron chi connectivity index (χ1n) is 8.52. The van der Waals surface area contributed by atoms with E-state index in [0.29, 0.717) is 24.8 Å². The highest BCUT2D eigenvalue weighted by atomic mass is 16.5. The number of anilines is 1. The monoisotopic (exact) mass is 333 g/mol. The lowest BCUT2D eigenvalue weighted by molar-refractivity contribution is -0.816. The molecule has 4 rings (SSSR count). The third-order valence-corrected chi connectivity index (χ3v) is 4.57. The number of aliphatic imine (C=N–C) groups is 1. The van der Waals surface area contributed by atoms with E-state index in [2.05, 4.69) is 20.6 Å². The number of ether oxygens (including phenoxy) is 2. The van der Waals surface area contributed by atoms with Crippen molar-refractivity contribution >= 4 is 17.3 Å². The second kappa shape index (κ2) is 6.94. The van der Waals surface area contributed by atoms with Crippen LogP contribution in [0.1, 0.15) is 12.0 Å². The Balaban J connectivity index is 1.35. The summed E-state index contributed by atoms with van der Waals surface area (Å²) in [7, 11) is 0. The van der Waals surface area contributed by atoms with Gasteiger partial charge in [-0.1, -0.05) is 0 Å². The molecular weight excluding hydrogens is 310 g/mol. The van der Waals surface area contributed by atoms with Gasteiger partial charge in [0, 0.05) is 50.3 Å². The molecule has 0 spiro atoms. The van der Waals surface area contributed by atoms with Crippen molar-refractivity contribution in [2.24, 2.45) is 4.99 Å². The van der Waals surface area contributed by atoms with Crippen molar-refractivity contribution < 1.29 is 14.6 Å². The van der Waals surface area contributed by atoms with Gasteiger partial charge in [-0.2, -0.15) is 5.43 Å². The highest BCUT2D eigenvalue weighted by molar-refractivity contribution is 5.97. The van der Waals surface area contributed by atoms with Gasteiger partial charge in [-0.25, -0.2) is 10.2 Å². The molecule has 3 heterocycles. The molecule has 0 bridgehead atoms. The molecule has 0 aromatic heterocycles. The zero-order chi connectivity index (χ0) is 16.4. The first-order valence-corrected chi connectivity index (χ1v) is 8.52. The number of nitrogens with zero attached hydrogens (tertiary/aromatic N) is 2. The number of fused-ring (bicyclic) bond motifs is 2. The van der Waals surface area contributed by atoms with Gasteiger partial charge in [-0.15, -0.1) is 0 Å². The maximum Gasteiger partial charge on any atom is 0.243 e. The van der Waals surface area contributed by atoms with E-state index in [0.717, 1.165) is 62.7 Å². The van der Waals surface area contributed by atoms with Crippen molar-refractivity contribution in [1.29, 1.82) is 0 Å². The average Bonchev–Trinajstić information content (AvgIpc) is 3.05. The second-order valence-electron chi connectivity index (χ2n) is 6.22. The van der Waals surface area contributed by atoms with Crippen molar-refractivity contribution in [3.63, 3.8) is 0 Å². The van der Waals surface area contributed by atoms with Crippen molar-refractivity contribution in [2.45, 2.75) is 12.8 Å². The summed E-state index contributed by atoms with van der Waals surface area (Å²) in [5.41, 5.74) is 5.35. The Morgan fingerprint density at radius 1 is 1.25 bits per heavy atom. The topological polar surface area (TPSA) is 85.6 Å². The summed E-state index contributed by atoms with van der Waals surface area (Å²) in [6.07, 6.45) is 1.82. The zero-order valence-corrected chi connectivity index (χ0v) is 13.6. The lowest BCUT2D eigenvalue weighted by Gasteiger charge is -2.30. The predicted molar refractivity (Wildman–Crippen MR) is 90.6 cm³/mol. The van der Waals surface area contributed by atoms with Gasteiger partial charge in [0.05, 0.1) is 19.8 Å². The van der Waals surface area contributed by atoms with Crippen molar-refractivity contribution in [3.8, 4) is 5.75 Å². The molecular formula is C16H23N5O3. The fourth-order valence-corrected chi connectivity index (χ4v) is 3.24. The summed E-state index contributed by atoms with van der Waals surface area (Å²) < 4.78 is 10.9. The molecule has 1 atom stereocenters. The maximum absolute atomic E-state index is 12.3. The Bertz CT molecular complexity index is 630. The molecule has 24 heavy (non-hydrogen) atoms. The van der Waals surface area contributed by atoms with Crippen LogP contribution in [0.4, 0.5) is 11.4 Å². The van der Waals surface area contributed by atoms with E-state index in [1.54, 1.807) is 0 Å². The zero-order valence-electron chi connectivity index (χ0n) is 13.6. The van der Waals surface area contributed by atoms with Crippen molar-refractivity contribution in [2.75, 3.05) is 51.3 Å². The van der Waals surface area contributed by atoms with Crippen LogP contribution >= 0.6 is 0 Å². The molecule has 0 aliphatic carbocycles. The van der Waals surface area contributed by atoms with Crippen LogP contribution in [0.3, 0.4) is 0 Å². The normalized spacial score (nSPS) is 24.7. The van der Waals surface area contributed by atoms with Gasteiger partial charge in [0.15, 0.2) is 5.69 Å². The molecule has 0 saturated carbocycles. The lowest BCUT2D eigenvalue weighted by Crippen LogP contribution is -3.11. The Kier molecular flexibility index (Phi) is 4.52. The van der Waals surface area contributed by atoms with Crippen LogP contribution in [0.2, 0.25) is 0 Å². The molecule has 3 aliphatic heterocycles. The fraction of sp³-hybridized carbons (Fsp3) is 0.562. The van der Waals surface area contributed by atoms with Crippen LogP contribution in [-0.4, -0.2) is 56.9 Å². The van der Waals surface area contributed by atoms with Crippen LogP contribution in [0.5, 0.6) is 5.75 Å². The van der Waals surface area contributed by atoms with Crippen molar-refractivity contribution in [1.82, 2.24) is 10.3 Å². The molecule has 8 heteroatoms. The van der Waals surface area contributed by atoms with Gasteiger partial charge in [0.25, 0.3) is 0 Å². The SMILES string of the molecule is [O-][NH+]1NC(=NCCCN2CCOCC2)Nc2cc3c(cc21)CCO3. The molecule has 3 N–H and O–H groups in total. The molecule has 130 valence electrons. The number of hydrogen-bond donors (Lipinski definition) is 3. The second-order valence-corrected chi connectivity index (χ2v) is 6.22. The quantitative estimate of drug-likeness (QED) is 0.516. The molecule has 1 aromatic rings. The maximum atomic E-state index is 12.3. The first kappa shape index (κ1) is 15.6. The molecule has 1 aromatic carbocycles. The highest BCUT2D eigenvalue weighted by Gasteiger charge is 2.24. The molecule has 1 fully saturated rings. The molecule has 0 radical (unpaired) electrons. The molecule has 8 nitrogen and oxygen atoms in total. The minimum absolute atomic E-state index is 0.106. The van der Waals surface area contributed by atoms with Gasteiger partial charge < -0.3 is 20.0 Å². The minimum Gasteiger partial charge on any atom is -0.603 e. The Morgan fingerprint density at radius 3 is 3.00 bits per heavy atom. The minimum atomic E-state index is -0.106. The molecule has 0 amide bonds. The summed E-state index contributed by atoms with van der Waals surface area (Å²) in [5.74, 6) is 1.38. The predicted octanol–water partition coefficient (Wildman–Crippen LogP) is -0.356. The van der Waals surface area contributed by atoms with E-state index in [1.165, 1.54) is 0 Å². The number of morpholine rings is 1. The van der Waals surface area contributed by atoms with Crippen LogP contribution in [0, 0.1) is 5.21 Å². The van der Waals surface area contributed by atoms with E-state index in [4.69, 9.17) is 9.47 Å². The smallest absolute Gasteiger partial charge is 0.243 e. The summed E-state index contributed by atoms with van der Waals surface area (Å²) in [6, 6.07) is 3.81. The van der Waals surface area contributed by atoms with Crippen LogP contribution < -0.4 is 20.7 Å². The Morgan fingerprint density at radius 2 is 2.12 bits per heavy atom. The third kappa shape index (κ3) is 3.32. The van der Waals surface area contributed by atoms with E-state index in [9.17, 15) is 5.21 Å². The third-order valence-electron chi connectivity index (χ3n) is 4.57. The van der Waals surface area contributed by atoms with E-state index < -0.39 is 0 Å². The molecule has 3 aliphatic rings. The number of hydrogen-bond acceptors (Lipinski definition) is 5. The largest absolute Gasteiger partial charge is 0.603 e. The van der Waals surface area contributed by atoms with Gasteiger partial charge in [0.1, 0.15) is 11.4 Å². The number of guanidine groups is 1. The highest BCUT2D eigenvalue weighted by Crippen LogP contribution is 2.33. The van der Waals surface area contributed by atoms with Gasteiger partial charge in [-0.3, -0.25) is 4.90 Å². The van der Waals surface area contributed by atoms with Crippen LogP contribution in [0.25, 0.3) is 0 Å². The first-order chi connectivity index (χ1) is 11.8. The Hall–Kier alpha value is -1.87. The number of rotatable bonds is 4. The number of benzene rings is 1. The summed E-state index contributed by atoms with van der Waals surface area (Å²) in [5, 5.41) is 15.4. The van der Waals surface area contributed by atoms with Crippen LogP contribution in [0.15, 0.2) is 17.1 Å². The van der Waals surface area contributed by atoms with E-state index in [-0.39, 0.29) is 5.17 Å². The number of quaternary nitrogens is 1. The summed E-state index contributed by atoms with van der Waals surface area (Å²) in [6.45, 7) is 5.98.